The minimum absolute atomic E-state index is 0.180. The zero-order valence-electron chi connectivity index (χ0n) is 18.4. The summed E-state index contributed by atoms with van der Waals surface area (Å²) in [6.45, 7) is 8.57. The van der Waals surface area contributed by atoms with Gasteiger partial charge in [-0.2, -0.15) is 0 Å². The van der Waals surface area contributed by atoms with E-state index in [2.05, 4.69) is 17.1 Å². The summed E-state index contributed by atoms with van der Waals surface area (Å²) in [6, 6.07) is 13.6. The van der Waals surface area contributed by atoms with Crippen molar-refractivity contribution < 1.29 is 19.0 Å². The third-order valence-corrected chi connectivity index (χ3v) is 4.96. The molecule has 0 unspecified atom stereocenters. The Kier molecular flexibility index (Phi) is 8.79. The summed E-state index contributed by atoms with van der Waals surface area (Å²) in [7, 11) is 0. The molecule has 3 rings (SSSR count). The third-order valence-electron chi connectivity index (χ3n) is 4.96. The fourth-order valence-electron chi connectivity index (χ4n) is 3.28. The van der Waals surface area contributed by atoms with Crippen molar-refractivity contribution in [2.75, 3.05) is 49.7 Å². The molecule has 0 aliphatic carbocycles. The van der Waals surface area contributed by atoms with Crippen LogP contribution in [0.4, 0.5) is 11.4 Å². The van der Waals surface area contributed by atoms with Gasteiger partial charge in [0.2, 0.25) is 5.91 Å². The van der Waals surface area contributed by atoms with Crippen LogP contribution in [0.25, 0.3) is 6.08 Å². The second kappa shape index (κ2) is 12.0. The maximum absolute atomic E-state index is 12.3. The highest BCUT2D eigenvalue weighted by molar-refractivity contribution is 6.02. The van der Waals surface area contributed by atoms with Gasteiger partial charge >= 0.3 is 0 Å². The average Bonchev–Trinajstić information content (AvgIpc) is 2.80. The molecule has 0 saturated carbocycles. The van der Waals surface area contributed by atoms with E-state index in [0.29, 0.717) is 19.0 Å². The van der Waals surface area contributed by atoms with Crippen molar-refractivity contribution in [2.24, 2.45) is 0 Å². The Hall–Kier alpha value is -2.99. The van der Waals surface area contributed by atoms with Gasteiger partial charge in [0.1, 0.15) is 0 Å². The van der Waals surface area contributed by atoms with E-state index >= 15 is 0 Å². The molecule has 6 nitrogen and oxygen atoms in total. The number of unbranched alkanes of at least 4 members (excludes halogenated alkanes) is 1. The smallest absolute Gasteiger partial charge is 0.248 e. The molecule has 31 heavy (non-hydrogen) atoms. The zero-order chi connectivity index (χ0) is 21.9. The normalized spacial score (nSPS) is 13.9. The van der Waals surface area contributed by atoms with Crippen molar-refractivity contribution in [3.63, 3.8) is 0 Å². The molecule has 6 heteroatoms. The Labute approximate surface area is 184 Å². The highest BCUT2D eigenvalue weighted by atomic mass is 16.5. The highest BCUT2D eigenvalue weighted by Crippen LogP contribution is 2.29. The lowest BCUT2D eigenvalue weighted by Crippen LogP contribution is -2.36. The lowest BCUT2D eigenvalue weighted by Gasteiger charge is -2.28. The van der Waals surface area contributed by atoms with E-state index in [1.165, 1.54) is 6.08 Å². The van der Waals surface area contributed by atoms with Gasteiger partial charge in [-0.15, -0.1) is 0 Å². The third kappa shape index (κ3) is 7.03. The Morgan fingerprint density at radius 2 is 1.84 bits per heavy atom. The number of nitrogens with zero attached hydrogens (tertiary/aromatic N) is 1. The van der Waals surface area contributed by atoms with Gasteiger partial charge in [-0.25, -0.2) is 0 Å². The molecule has 0 radical (unpaired) electrons. The second-order valence-electron chi connectivity index (χ2n) is 7.31. The van der Waals surface area contributed by atoms with Crippen molar-refractivity contribution in [1.29, 1.82) is 0 Å². The van der Waals surface area contributed by atoms with Gasteiger partial charge < -0.3 is 24.4 Å². The van der Waals surface area contributed by atoms with Crippen molar-refractivity contribution in [3.8, 4) is 11.5 Å². The van der Waals surface area contributed by atoms with Gasteiger partial charge in [0.05, 0.1) is 26.4 Å². The predicted molar refractivity (Wildman–Crippen MR) is 125 cm³/mol. The quantitative estimate of drug-likeness (QED) is 0.440. The first-order valence-electron chi connectivity index (χ1n) is 11.0. The van der Waals surface area contributed by atoms with Crippen molar-refractivity contribution in [2.45, 2.75) is 26.7 Å². The summed E-state index contributed by atoms with van der Waals surface area (Å²) in [5.41, 5.74) is 2.78. The average molecular weight is 425 g/mol. The second-order valence-corrected chi connectivity index (χ2v) is 7.31. The van der Waals surface area contributed by atoms with Crippen LogP contribution in [0.5, 0.6) is 11.5 Å². The molecule has 2 aromatic carbocycles. The molecule has 1 amide bonds. The van der Waals surface area contributed by atoms with Gasteiger partial charge in [0.25, 0.3) is 0 Å². The summed E-state index contributed by atoms with van der Waals surface area (Å²) >= 11 is 0. The van der Waals surface area contributed by atoms with Crippen LogP contribution in [-0.4, -0.2) is 45.4 Å². The highest BCUT2D eigenvalue weighted by Gasteiger charge is 2.11. The maximum Gasteiger partial charge on any atom is 0.248 e. The van der Waals surface area contributed by atoms with Gasteiger partial charge in [-0.05, 0) is 61.4 Å². The molecule has 1 heterocycles. The lowest BCUT2D eigenvalue weighted by atomic mass is 10.2. The summed E-state index contributed by atoms with van der Waals surface area (Å²) in [5.74, 6) is 1.25. The molecule has 0 aromatic heterocycles. The fourth-order valence-corrected chi connectivity index (χ4v) is 3.28. The Bertz CT molecular complexity index is 858. The minimum Gasteiger partial charge on any atom is -0.490 e. The SMILES string of the molecule is CCCCOc1ccc(/C=C/C(=O)Nc2ccc(N3CCOCC3)cc2)cc1OCC. The number of rotatable bonds is 10. The number of hydrogen-bond acceptors (Lipinski definition) is 5. The summed E-state index contributed by atoms with van der Waals surface area (Å²) < 4.78 is 16.9. The topological polar surface area (TPSA) is 60.0 Å². The van der Waals surface area contributed by atoms with E-state index in [0.717, 1.165) is 61.8 Å². The van der Waals surface area contributed by atoms with Crippen LogP contribution in [0, 0.1) is 0 Å². The van der Waals surface area contributed by atoms with Crippen LogP contribution in [0.3, 0.4) is 0 Å². The molecule has 0 spiro atoms. The minimum atomic E-state index is -0.180. The largest absolute Gasteiger partial charge is 0.490 e. The zero-order valence-corrected chi connectivity index (χ0v) is 18.4. The van der Waals surface area contributed by atoms with Crippen LogP contribution in [0.2, 0.25) is 0 Å². The summed E-state index contributed by atoms with van der Waals surface area (Å²) in [4.78, 5) is 14.6. The van der Waals surface area contributed by atoms with E-state index in [1.54, 1.807) is 6.08 Å². The van der Waals surface area contributed by atoms with E-state index in [-0.39, 0.29) is 5.91 Å². The number of nitrogens with one attached hydrogen (secondary N) is 1. The first-order chi connectivity index (χ1) is 15.2. The number of morpholine rings is 1. The Balaban J connectivity index is 1.57. The van der Waals surface area contributed by atoms with Crippen molar-refractivity contribution in [3.05, 3.63) is 54.1 Å². The molecule has 1 aliphatic rings. The first-order valence-corrected chi connectivity index (χ1v) is 11.0. The number of carbonyl (C=O) groups excluding carboxylic acids is 1. The van der Waals surface area contributed by atoms with Crippen LogP contribution >= 0.6 is 0 Å². The predicted octanol–water partition coefficient (Wildman–Crippen LogP) is 4.75. The molecule has 1 saturated heterocycles. The van der Waals surface area contributed by atoms with Gasteiger partial charge in [0, 0.05) is 30.5 Å². The van der Waals surface area contributed by atoms with Gasteiger partial charge in [-0.3, -0.25) is 4.79 Å². The Morgan fingerprint density at radius 1 is 1.06 bits per heavy atom. The van der Waals surface area contributed by atoms with E-state index in [1.807, 2.05) is 49.4 Å². The molecule has 1 N–H and O–H groups in total. The molecular weight excluding hydrogens is 392 g/mol. The molecule has 0 bridgehead atoms. The number of amides is 1. The van der Waals surface area contributed by atoms with Crippen LogP contribution in [0.15, 0.2) is 48.5 Å². The molecule has 0 atom stereocenters. The summed E-state index contributed by atoms with van der Waals surface area (Å²) in [6.07, 6.45) is 5.38. The Morgan fingerprint density at radius 3 is 2.55 bits per heavy atom. The molecule has 166 valence electrons. The molecule has 1 aliphatic heterocycles. The standard InChI is InChI=1S/C25H32N2O4/c1-3-5-16-31-23-12-6-20(19-24(23)30-4-2)7-13-25(28)26-21-8-10-22(11-9-21)27-14-17-29-18-15-27/h6-13,19H,3-5,14-18H2,1-2H3,(H,26,28)/b13-7+. The maximum atomic E-state index is 12.3. The first kappa shape index (κ1) is 22.7. The van der Waals surface area contributed by atoms with Crippen LogP contribution in [-0.2, 0) is 9.53 Å². The monoisotopic (exact) mass is 424 g/mol. The van der Waals surface area contributed by atoms with Crippen molar-refractivity contribution in [1.82, 2.24) is 0 Å². The van der Waals surface area contributed by atoms with Gasteiger partial charge in [0.15, 0.2) is 11.5 Å². The lowest BCUT2D eigenvalue weighted by molar-refractivity contribution is -0.111. The van der Waals surface area contributed by atoms with E-state index in [4.69, 9.17) is 14.2 Å². The number of anilines is 2. The molecular formula is C25H32N2O4. The van der Waals surface area contributed by atoms with Crippen molar-refractivity contribution >= 4 is 23.4 Å². The van der Waals surface area contributed by atoms with E-state index in [9.17, 15) is 4.79 Å². The summed E-state index contributed by atoms with van der Waals surface area (Å²) in [5, 5.41) is 2.90. The van der Waals surface area contributed by atoms with E-state index < -0.39 is 0 Å². The fraction of sp³-hybridized carbons (Fsp3) is 0.400. The van der Waals surface area contributed by atoms with Crippen LogP contribution in [0.1, 0.15) is 32.3 Å². The molecule has 2 aromatic rings. The number of benzene rings is 2. The molecule has 1 fully saturated rings. The number of ether oxygens (including phenoxy) is 3. The van der Waals surface area contributed by atoms with Crippen LogP contribution < -0.4 is 19.7 Å². The van der Waals surface area contributed by atoms with Gasteiger partial charge in [-0.1, -0.05) is 19.4 Å². The number of hydrogen-bond donors (Lipinski definition) is 1. The number of carbonyl (C=O) groups is 1.